The Bertz CT molecular complexity index is 718. The van der Waals surface area contributed by atoms with Crippen LogP contribution in [0.4, 0.5) is 0 Å². The third-order valence-electron chi connectivity index (χ3n) is 6.18. The zero-order valence-corrected chi connectivity index (χ0v) is 14.6. The molecule has 2 aliphatic carbocycles. The number of benzene rings is 1. The molecule has 2 saturated carbocycles. The van der Waals surface area contributed by atoms with E-state index in [0.717, 1.165) is 44.2 Å². The van der Waals surface area contributed by atoms with Crippen molar-refractivity contribution in [1.29, 1.82) is 0 Å². The fourth-order valence-electron chi connectivity index (χ4n) is 4.13. The molecule has 1 aliphatic heterocycles. The number of piperidine rings is 1. The van der Waals surface area contributed by atoms with E-state index in [-0.39, 0.29) is 5.41 Å². The number of hydrogen-bond donors (Lipinski definition) is 2. The minimum Gasteiger partial charge on any atom is -0.339 e. The summed E-state index contributed by atoms with van der Waals surface area (Å²) in [5.41, 5.74) is 1.58. The molecule has 2 N–H and O–H groups in total. The quantitative estimate of drug-likeness (QED) is 0.848. The zero-order chi connectivity index (χ0) is 16.7. The van der Waals surface area contributed by atoms with Crippen LogP contribution in [0.3, 0.4) is 0 Å². The van der Waals surface area contributed by atoms with Crippen LogP contribution in [-0.2, 0) is 5.41 Å². The lowest BCUT2D eigenvalue weighted by molar-refractivity contribution is 0.316. The van der Waals surface area contributed by atoms with E-state index < -0.39 is 0 Å². The van der Waals surface area contributed by atoms with Gasteiger partial charge in [0.25, 0.3) is 0 Å². The van der Waals surface area contributed by atoms with Gasteiger partial charge >= 0.3 is 0 Å². The summed E-state index contributed by atoms with van der Waals surface area (Å²) in [5, 5.41) is 11.5. The first-order valence-electron chi connectivity index (χ1n) is 9.67. The second-order valence-electron chi connectivity index (χ2n) is 8.00. The van der Waals surface area contributed by atoms with Crippen LogP contribution in [0.15, 0.2) is 34.9 Å². The van der Waals surface area contributed by atoms with E-state index >= 15 is 0 Å². The van der Waals surface area contributed by atoms with E-state index in [0.29, 0.717) is 17.9 Å². The van der Waals surface area contributed by atoms with Gasteiger partial charge in [-0.05, 0) is 50.8 Å². The van der Waals surface area contributed by atoms with E-state index in [4.69, 9.17) is 9.51 Å². The van der Waals surface area contributed by atoms with Crippen LogP contribution >= 0.6 is 0 Å². The smallest absolute Gasteiger partial charge is 0.229 e. The van der Waals surface area contributed by atoms with Crippen LogP contribution in [0.25, 0.3) is 0 Å². The predicted molar refractivity (Wildman–Crippen MR) is 95.6 cm³/mol. The van der Waals surface area contributed by atoms with Crippen LogP contribution < -0.4 is 10.6 Å². The van der Waals surface area contributed by atoms with Crippen molar-refractivity contribution < 1.29 is 4.52 Å². The lowest BCUT2D eigenvalue weighted by atomic mass is 9.98. The summed E-state index contributed by atoms with van der Waals surface area (Å²) in [6, 6.07) is 11.4. The molecule has 2 atom stereocenters. The highest BCUT2D eigenvalue weighted by Gasteiger charge is 2.50. The fourth-order valence-corrected chi connectivity index (χ4v) is 4.13. The lowest BCUT2D eigenvalue weighted by Gasteiger charge is -2.18. The summed E-state index contributed by atoms with van der Waals surface area (Å²) in [6.07, 6.45) is 5.80. The van der Waals surface area contributed by atoms with Crippen LogP contribution in [-0.4, -0.2) is 35.8 Å². The third-order valence-corrected chi connectivity index (χ3v) is 6.18. The molecule has 25 heavy (non-hydrogen) atoms. The molecule has 1 saturated heterocycles. The lowest BCUT2D eigenvalue weighted by Crippen LogP contribution is -2.30. The van der Waals surface area contributed by atoms with Gasteiger partial charge in [0, 0.05) is 29.8 Å². The molecule has 5 rings (SSSR count). The molecule has 1 aromatic carbocycles. The summed E-state index contributed by atoms with van der Waals surface area (Å²) < 4.78 is 5.63. The van der Waals surface area contributed by atoms with Gasteiger partial charge in [0.2, 0.25) is 5.89 Å². The van der Waals surface area contributed by atoms with Crippen molar-refractivity contribution in [3.8, 4) is 0 Å². The molecule has 2 heterocycles. The SMILES string of the molecule is c1ccc([C@H]2C[C@@H]2NCC2(c3noc(C4CCNCC4)n3)CC2)cc1. The van der Waals surface area contributed by atoms with Crippen molar-refractivity contribution in [2.24, 2.45) is 0 Å². The highest BCUT2D eigenvalue weighted by atomic mass is 16.5. The Kier molecular flexibility index (Phi) is 3.86. The molecule has 132 valence electrons. The Balaban J connectivity index is 1.20. The number of nitrogens with zero attached hydrogens (tertiary/aromatic N) is 2. The molecule has 5 nitrogen and oxygen atoms in total. The first-order chi connectivity index (χ1) is 12.3. The van der Waals surface area contributed by atoms with E-state index in [9.17, 15) is 0 Å². The summed E-state index contributed by atoms with van der Waals surface area (Å²) in [6.45, 7) is 3.08. The Labute approximate surface area is 148 Å². The van der Waals surface area contributed by atoms with Crippen molar-refractivity contribution in [3.63, 3.8) is 0 Å². The standard InChI is InChI=1S/C20H26N4O/c1-2-4-14(5-3-1)16-12-17(16)22-13-20(8-9-20)19-23-18(25-24-19)15-6-10-21-11-7-15/h1-5,15-17,21-22H,6-13H2/t16-,17+/m1/s1. The van der Waals surface area contributed by atoms with Gasteiger partial charge in [0.05, 0.1) is 0 Å². The maximum Gasteiger partial charge on any atom is 0.229 e. The molecule has 3 fully saturated rings. The summed E-state index contributed by atoms with van der Waals surface area (Å²) in [5.74, 6) is 2.91. The summed E-state index contributed by atoms with van der Waals surface area (Å²) in [4.78, 5) is 4.80. The number of nitrogens with one attached hydrogen (secondary N) is 2. The second-order valence-corrected chi connectivity index (χ2v) is 8.00. The van der Waals surface area contributed by atoms with Gasteiger partial charge in [-0.25, -0.2) is 0 Å². The average Bonchev–Trinajstić information content (AvgIpc) is 3.58. The Morgan fingerprint density at radius 3 is 2.72 bits per heavy atom. The molecule has 0 spiro atoms. The normalized spacial score (nSPS) is 28.0. The maximum atomic E-state index is 5.63. The minimum atomic E-state index is 0.124. The topological polar surface area (TPSA) is 63.0 Å². The molecule has 1 aromatic heterocycles. The largest absolute Gasteiger partial charge is 0.339 e. The Morgan fingerprint density at radius 1 is 1.16 bits per heavy atom. The van der Waals surface area contributed by atoms with Crippen LogP contribution in [0, 0.1) is 0 Å². The molecule has 0 amide bonds. The minimum absolute atomic E-state index is 0.124. The molecule has 3 aliphatic rings. The summed E-state index contributed by atoms with van der Waals surface area (Å²) in [7, 11) is 0. The summed E-state index contributed by atoms with van der Waals surface area (Å²) >= 11 is 0. The fraction of sp³-hybridized carbons (Fsp3) is 0.600. The van der Waals surface area contributed by atoms with E-state index in [2.05, 4.69) is 46.1 Å². The van der Waals surface area contributed by atoms with Gasteiger partial charge in [-0.15, -0.1) is 0 Å². The van der Waals surface area contributed by atoms with E-state index in [1.165, 1.54) is 24.8 Å². The van der Waals surface area contributed by atoms with Crippen molar-refractivity contribution in [1.82, 2.24) is 20.8 Å². The molecular weight excluding hydrogens is 312 g/mol. The van der Waals surface area contributed by atoms with Gasteiger partial charge in [-0.1, -0.05) is 35.5 Å². The molecule has 0 bridgehead atoms. The Morgan fingerprint density at radius 2 is 1.96 bits per heavy atom. The van der Waals surface area contributed by atoms with Crippen molar-refractivity contribution >= 4 is 0 Å². The van der Waals surface area contributed by atoms with Crippen molar-refractivity contribution in [2.75, 3.05) is 19.6 Å². The zero-order valence-electron chi connectivity index (χ0n) is 14.6. The van der Waals surface area contributed by atoms with Gasteiger partial charge < -0.3 is 15.2 Å². The molecule has 0 unspecified atom stereocenters. The van der Waals surface area contributed by atoms with E-state index in [1.807, 2.05) is 0 Å². The van der Waals surface area contributed by atoms with Crippen LogP contribution in [0.1, 0.15) is 61.2 Å². The number of rotatable bonds is 6. The first-order valence-corrected chi connectivity index (χ1v) is 9.67. The molecule has 5 heteroatoms. The highest BCUT2D eigenvalue weighted by Crippen LogP contribution is 2.48. The van der Waals surface area contributed by atoms with Crippen LogP contribution in [0.5, 0.6) is 0 Å². The van der Waals surface area contributed by atoms with Gasteiger partial charge in [0.1, 0.15) is 0 Å². The molecular formula is C20H26N4O. The van der Waals surface area contributed by atoms with E-state index in [1.54, 1.807) is 0 Å². The van der Waals surface area contributed by atoms with Gasteiger partial charge in [0.15, 0.2) is 5.82 Å². The van der Waals surface area contributed by atoms with Crippen molar-refractivity contribution in [3.05, 3.63) is 47.6 Å². The maximum absolute atomic E-state index is 5.63. The molecule has 2 aromatic rings. The van der Waals surface area contributed by atoms with Gasteiger partial charge in [-0.2, -0.15) is 4.98 Å². The third kappa shape index (κ3) is 3.11. The van der Waals surface area contributed by atoms with Crippen molar-refractivity contribution in [2.45, 2.75) is 55.4 Å². The van der Waals surface area contributed by atoms with Crippen LogP contribution in [0.2, 0.25) is 0 Å². The molecule has 0 radical (unpaired) electrons. The average molecular weight is 338 g/mol. The first kappa shape index (κ1) is 15.5. The van der Waals surface area contributed by atoms with Gasteiger partial charge in [-0.3, -0.25) is 0 Å². The number of hydrogen-bond acceptors (Lipinski definition) is 5. The predicted octanol–water partition coefficient (Wildman–Crippen LogP) is 2.71. The number of aromatic nitrogens is 2. The Hall–Kier alpha value is -1.72. The second kappa shape index (κ2) is 6.22. The highest BCUT2D eigenvalue weighted by molar-refractivity contribution is 5.28. The monoisotopic (exact) mass is 338 g/mol.